The molecule has 5 atom stereocenters. The molecule has 3 unspecified atom stereocenters. The average molecular weight is 586 g/mol. The van der Waals surface area contributed by atoms with Gasteiger partial charge in [-0.05, 0) is 62.3 Å². The Hall–Kier alpha value is -4.50. The van der Waals surface area contributed by atoms with Gasteiger partial charge >= 0.3 is 11.9 Å². The predicted molar refractivity (Wildman–Crippen MR) is 162 cm³/mol. The molecule has 3 aromatic rings. The fourth-order valence-corrected chi connectivity index (χ4v) is 5.63. The lowest BCUT2D eigenvalue weighted by molar-refractivity contribution is -0.150. The second-order valence-corrected chi connectivity index (χ2v) is 10.9. The Labute approximate surface area is 252 Å². The normalized spacial score (nSPS) is 18.3. The van der Waals surface area contributed by atoms with Gasteiger partial charge in [-0.25, -0.2) is 4.79 Å². The molecule has 0 radical (unpaired) electrons. The molecule has 0 aromatic heterocycles. The van der Waals surface area contributed by atoms with Gasteiger partial charge in [0.25, 0.3) is 5.91 Å². The molecule has 1 aliphatic heterocycles. The second kappa shape index (κ2) is 15.1. The molecule has 43 heavy (non-hydrogen) atoms. The van der Waals surface area contributed by atoms with Gasteiger partial charge in [0.1, 0.15) is 12.1 Å². The lowest BCUT2D eigenvalue weighted by Gasteiger charge is -2.32. The number of hydrogen-bond donors (Lipinski definition) is 3. The third-order valence-electron chi connectivity index (χ3n) is 7.72. The molecule has 0 bridgehead atoms. The highest BCUT2D eigenvalue weighted by atomic mass is 16.5. The molecule has 226 valence electrons. The van der Waals surface area contributed by atoms with Crippen molar-refractivity contribution in [2.75, 3.05) is 13.2 Å². The zero-order valence-electron chi connectivity index (χ0n) is 24.5. The smallest absolute Gasteiger partial charge is 0.326 e. The van der Waals surface area contributed by atoms with Gasteiger partial charge in [-0.2, -0.15) is 0 Å². The van der Waals surface area contributed by atoms with Gasteiger partial charge in [0.15, 0.2) is 0 Å². The van der Waals surface area contributed by atoms with E-state index in [9.17, 15) is 24.3 Å². The van der Waals surface area contributed by atoms with Crippen molar-refractivity contribution in [1.29, 1.82) is 0 Å². The van der Waals surface area contributed by atoms with Gasteiger partial charge < -0.3 is 20.1 Å². The van der Waals surface area contributed by atoms with Crippen LogP contribution >= 0.6 is 0 Å². The molecule has 1 fully saturated rings. The number of hydrogen-bond acceptors (Lipinski definition) is 6. The van der Waals surface area contributed by atoms with E-state index in [-0.39, 0.29) is 24.9 Å². The number of aliphatic carboxylic acids is 1. The number of carbonyl (C=O) groups is 4. The molecule has 1 heterocycles. The van der Waals surface area contributed by atoms with Crippen molar-refractivity contribution in [1.82, 2.24) is 15.5 Å². The van der Waals surface area contributed by atoms with E-state index in [1.165, 1.54) is 4.90 Å². The zero-order chi connectivity index (χ0) is 30.8. The second-order valence-electron chi connectivity index (χ2n) is 10.9. The zero-order valence-corrected chi connectivity index (χ0v) is 24.5. The fraction of sp³-hybridized carbons (Fsp3) is 0.353. The summed E-state index contributed by atoms with van der Waals surface area (Å²) >= 11 is 0. The summed E-state index contributed by atoms with van der Waals surface area (Å²) in [4.78, 5) is 53.9. The lowest BCUT2D eigenvalue weighted by Crippen LogP contribution is -2.60. The molecular formula is C34H39N3O6. The number of carboxylic acids is 1. The number of likely N-dealkylation sites (tertiary alicyclic amines) is 1. The minimum atomic E-state index is -1.09. The van der Waals surface area contributed by atoms with Crippen LogP contribution < -0.4 is 10.6 Å². The van der Waals surface area contributed by atoms with Crippen LogP contribution in [0.1, 0.15) is 41.8 Å². The Balaban J connectivity index is 1.56. The van der Waals surface area contributed by atoms with Gasteiger partial charge in [-0.15, -0.1) is 0 Å². The number of amides is 2. The van der Waals surface area contributed by atoms with Gasteiger partial charge in [-0.3, -0.25) is 19.7 Å². The fourth-order valence-electron chi connectivity index (χ4n) is 5.63. The highest BCUT2D eigenvalue weighted by Crippen LogP contribution is 2.27. The Morgan fingerprint density at radius 2 is 1.49 bits per heavy atom. The van der Waals surface area contributed by atoms with Crippen molar-refractivity contribution in [2.45, 2.75) is 57.3 Å². The molecule has 4 rings (SSSR count). The van der Waals surface area contributed by atoms with Gasteiger partial charge in [0, 0.05) is 12.1 Å². The summed E-state index contributed by atoms with van der Waals surface area (Å²) in [5.41, 5.74) is 2.39. The summed E-state index contributed by atoms with van der Waals surface area (Å²) in [5.74, 6) is -2.49. The number of carbonyl (C=O) groups excluding carboxylic acids is 3. The highest BCUT2D eigenvalue weighted by Gasteiger charge is 2.42. The average Bonchev–Trinajstić information content (AvgIpc) is 3.44. The maximum absolute atomic E-state index is 13.8. The number of rotatable bonds is 13. The first-order valence-corrected chi connectivity index (χ1v) is 14.7. The van der Waals surface area contributed by atoms with Crippen molar-refractivity contribution >= 4 is 23.8 Å². The topological polar surface area (TPSA) is 125 Å². The lowest BCUT2D eigenvalue weighted by atomic mass is 9.97. The number of esters is 1. The largest absolute Gasteiger partial charge is 0.480 e. The van der Waals surface area contributed by atoms with E-state index in [0.29, 0.717) is 24.9 Å². The minimum Gasteiger partial charge on any atom is -0.480 e. The Morgan fingerprint density at radius 1 is 0.907 bits per heavy atom. The monoisotopic (exact) mass is 585 g/mol. The van der Waals surface area contributed by atoms with Gasteiger partial charge in [-0.1, -0.05) is 78.9 Å². The molecule has 2 amide bonds. The summed E-state index contributed by atoms with van der Waals surface area (Å²) in [5, 5.41) is 16.0. The number of ether oxygens (including phenoxy) is 1. The quantitative estimate of drug-likeness (QED) is 0.262. The molecule has 1 saturated heterocycles. The summed E-state index contributed by atoms with van der Waals surface area (Å²) < 4.78 is 5.39. The van der Waals surface area contributed by atoms with E-state index < -0.39 is 42.0 Å². The van der Waals surface area contributed by atoms with Gasteiger partial charge in [0.2, 0.25) is 5.91 Å². The first kappa shape index (κ1) is 31.4. The van der Waals surface area contributed by atoms with Crippen LogP contribution in [-0.4, -0.2) is 71.1 Å². The van der Waals surface area contributed by atoms with Crippen LogP contribution in [0.15, 0.2) is 91.0 Å². The molecular weight excluding hydrogens is 546 g/mol. The number of benzene rings is 3. The number of carboxylic acid groups (broad SMARTS) is 1. The number of nitrogens with zero attached hydrogens (tertiary/aromatic N) is 1. The van der Waals surface area contributed by atoms with Crippen LogP contribution in [-0.2, 0) is 32.0 Å². The summed E-state index contributed by atoms with van der Waals surface area (Å²) in [6, 6.07) is 24.1. The first-order valence-electron chi connectivity index (χ1n) is 14.7. The molecule has 9 heteroatoms. The summed E-state index contributed by atoms with van der Waals surface area (Å²) in [7, 11) is 0. The SMILES string of the molecule is CCOC(=O)C(N[C@@H](C)C(=O)N1CC(Cc2ccccc2)C[C@H]1C(=O)O)C(Cc1ccccc1)NC(=O)c1ccccc1. The summed E-state index contributed by atoms with van der Waals surface area (Å²) in [6.45, 7) is 3.70. The van der Waals surface area contributed by atoms with E-state index in [2.05, 4.69) is 10.6 Å². The molecule has 3 aromatic carbocycles. The van der Waals surface area contributed by atoms with E-state index >= 15 is 0 Å². The minimum absolute atomic E-state index is 0.0171. The molecule has 0 spiro atoms. The standard InChI is InChI=1S/C34H39N3O6/c1-3-43-34(42)30(28(20-25-15-9-5-10-16-25)36-31(38)27-17-11-6-12-18-27)35-23(2)32(39)37-22-26(21-29(37)33(40)41)19-24-13-7-4-8-14-24/h4-18,23,26,28-30,35H,3,19-22H2,1-2H3,(H,36,38)(H,40,41)/t23-,26?,28?,29-,30?/m0/s1. The van der Waals surface area contributed by atoms with Crippen LogP contribution in [0.5, 0.6) is 0 Å². The first-order chi connectivity index (χ1) is 20.8. The Kier molecular flexibility index (Phi) is 11.0. The maximum atomic E-state index is 13.8. The van der Waals surface area contributed by atoms with Crippen molar-refractivity contribution in [2.24, 2.45) is 5.92 Å². The van der Waals surface area contributed by atoms with Gasteiger partial charge in [0.05, 0.1) is 18.7 Å². The van der Waals surface area contributed by atoms with Crippen LogP contribution in [0.2, 0.25) is 0 Å². The third kappa shape index (κ3) is 8.51. The van der Waals surface area contributed by atoms with E-state index in [0.717, 1.165) is 11.1 Å². The van der Waals surface area contributed by atoms with Crippen molar-refractivity contribution < 1.29 is 29.0 Å². The molecule has 0 saturated carbocycles. The van der Waals surface area contributed by atoms with Crippen LogP contribution in [0.3, 0.4) is 0 Å². The van der Waals surface area contributed by atoms with Crippen molar-refractivity contribution in [3.05, 3.63) is 108 Å². The molecule has 3 N–H and O–H groups in total. The van der Waals surface area contributed by atoms with Crippen LogP contribution in [0, 0.1) is 5.92 Å². The van der Waals surface area contributed by atoms with Crippen LogP contribution in [0.25, 0.3) is 0 Å². The van der Waals surface area contributed by atoms with E-state index in [1.807, 2.05) is 66.7 Å². The van der Waals surface area contributed by atoms with E-state index in [4.69, 9.17) is 4.74 Å². The number of nitrogens with one attached hydrogen (secondary N) is 2. The highest BCUT2D eigenvalue weighted by molar-refractivity contribution is 5.95. The van der Waals surface area contributed by atoms with Crippen molar-refractivity contribution in [3.8, 4) is 0 Å². The van der Waals surface area contributed by atoms with Crippen molar-refractivity contribution in [3.63, 3.8) is 0 Å². The Morgan fingerprint density at radius 3 is 2.07 bits per heavy atom. The summed E-state index contributed by atoms with van der Waals surface area (Å²) in [6.07, 6.45) is 1.29. The molecule has 1 aliphatic rings. The third-order valence-corrected chi connectivity index (χ3v) is 7.72. The Bertz CT molecular complexity index is 1370. The molecule has 0 aliphatic carbocycles. The maximum Gasteiger partial charge on any atom is 0.326 e. The molecule has 9 nitrogen and oxygen atoms in total. The predicted octanol–water partition coefficient (Wildman–Crippen LogP) is 3.48. The van der Waals surface area contributed by atoms with Crippen LogP contribution in [0.4, 0.5) is 0 Å². The van der Waals surface area contributed by atoms with E-state index in [1.54, 1.807) is 38.1 Å².